The number of H-pyrrole nitrogens is 1. The summed E-state index contributed by atoms with van der Waals surface area (Å²) in [6, 6.07) is 6.27. The highest BCUT2D eigenvalue weighted by Gasteiger charge is 2.70. The van der Waals surface area contributed by atoms with Crippen LogP contribution in [0, 0.1) is 29.6 Å². The first-order valence-electron chi connectivity index (χ1n) is 12.4. The highest BCUT2D eigenvalue weighted by atomic mass is 32.2. The van der Waals surface area contributed by atoms with Crippen molar-refractivity contribution < 1.29 is 23.9 Å². The van der Waals surface area contributed by atoms with E-state index in [2.05, 4.69) is 24.1 Å². The summed E-state index contributed by atoms with van der Waals surface area (Å²) < 4.78 is 4.96. The minimum atomic E-state index is -0.468. The first-order valence-corrected chi connectivity index (χ1v) is 14.1. The summed E-state index contributed by atoms with van der Waals surface area (Å²) in [4.78, 5) is 68.7. The van der Waals surface area contributed by atoms with Crippen molar-refractivity contribution in [3.63, 3.8) is 0 Å². The molecule has 2 N–H and O–H groups in total. The molecule has 6 rings (SSSR count). The van der Waals surface area contributed by atoms with Crippen molar-refractivity contribution in [3.05, 3.63) is 44.4 Å². The fraction of sp³-hybridized carbons (Fsp3) is 0.500. The molecular formula is C26H27N3O6S2. The molecule has 9 nitrogen and oxygen atoms in total. The van der Waals surface area contributed by atoms with E-state index in [1.165, 1.54) is 11.3 Å². The number of likely N-dealkylation sites (tertiary alicyclic amines) is 1. The van der Waals surface area contributed by atoms with E-state index in [-0.39, 0.29) is 58.3 Å². The molecule has 37 heavy (non-hydrogen) atoms. The van der Waals surface area contributed by atoms with E-state index < -0.39 is 23.7 Å². The smallest absolute Gasteiger partial charge is 0.338 e. The van der Waals surface area contributed by atoms with Crippen molar-refractivity contribution in [2.75, 3.05) is 18.5 Å². The fourth-order valence-corrected chi connectivity index (χ4v) is 10.3. The molecule has 2 saturated carbocycles. The largest absolute Gasteiger partial charge is 0.462 e. The highest BCUT2D eigenvalue weighted by Crippen LogP contribution is 2.68. The van der Waals surface area contributed by atoms with Gasteiger partial charge in [0.1, 0.15) is 6.54 Å². The average Bonchev–Trinajstić information content (AvgIpc) is 3.58. The number of hydrogen-bond acceptors (Lipinski definition) is 8. The van der Waals surface area contributed by atoms with Gasteiger partial charge >= 0.3 is 10.8 Å². The Morgan fingerprint density at radius 1 is 1.11 bits per heavy atom. The van der Waals surface area contributed by atoms with Crippen LogP contribution in [0.4, 0.5) is 5.69 Å². The molecule has 0 unspecified atom stereocenters. The van der Waals surface area contributed by atoms with Gasteiger partial charge in [0.15, 0.2) is 0 Å². The molecule has 11 heteroatoms. The Bertz CT molecular complexity index is 1380. The molecule has 0 spiro atoms. The lowest BCUT2D eigenvalue weighted by atomic mass is 9.64. The Labute approximate surface area is 221 Å². The molecule has 0 radical (unpaired) electrons. The van der Waals surface area contributed by atoms with Gasteiger partial charge in [-0.3, -0.25) is 24.1 Å². The number of carbonyl (C=O) groups is 4. The lowest BCUT2D eigenvalue weighted by molar-refractivity contribution is -0.143. The van der Waals surface area contributed by atoms with Crippen molar-refractivity contribution in [3.8, 4) is 0 Å². The van der Waals surface area contributed by atoms with E-state index in [0.29, 0.717) is 11.3 Å². The molecule has 3 fully saturated rings. The van der Waals surface area contributed by atoms with E-state index in [1.54, 1.807) is 43.0 Å². The molecule has 4 aliphatic rings. The van der Waals surface area contributed by atoms with Gasteiger partial charge in [0.25, 0.3) is 0 Å². The van der Waals surface area contributed by atoms with E-state index in [1.807, 2.05) is 0 Å². The quantitative estimate of drug-likeness (QED) is 0.440. The van der Waals surface area contributed by atoms with Crippen LogP contribution >= 0.6 is 23.1 Å². The molecule has 6 atom stereocenters. The number of aromatic amines is 1. The lowest BCUT2D eigenvalue weighted by Gasteiger charge is -2.47. The van der Waals surface area contributed by atoms with Crippen molar-refractivity contribution in [1.82, 2.24) is 9.88 Å². The minimum absolute atomic E-state index is 0.0424. The maximum atomic E-state index is 13.5. The number of thiazole rings is 1. The standard InChI is InChI=1S/C26H27N3O6S2/c1-4-35-24(33)11-5-7-12(8-6-11)27-15(30)10-29-22(31)16-13-9-14(17(16)23(29)32)19-18(13)26(2,3)20-21(36-19)28-25(34)37-20/h5-8,13-14,16-19H,4,9-10H2,1-3H3,(H,27,30)(H,28,34)/t13-,14+,16-,17+,18+,19-/m0/s1. The number of hydrogen-bond donors (Lipinski definition) is 2. The van der Waals surface area contributed by atoms with Crippen LogP contribution in [0.5, 0.6) is 0 Å². The number of rotatable bonds is 5. The molecular weight excluding hydrogens is 514 g/mol. The van der Waals surface area contributed by atoms with Crippen LogP contribution < -0.4 is 10.2 Å². The SMILES string of the molecule is CCOC(=O)c1ccc(NC(=O)CN2C(=O)[C@@H]3[C@H]4C[C@@H]([C@@H]3C2=O)[C@@H]2[C@H]4Sc3[nH]c(=O)sc3C2(C)C)cc1. The second-order valence-electron chi connectivity index (χ2n) is 10.7. The Morgan fingerprint density at radius 2 is 1.78 bits per heavy atom. The van der Waals surface area contributed by atoms with Crippen molar-refractivity contribution >= 4 is 52.5 Å². The van der Waals surface area contributed by atoms with Crippen LogP contribution in [-0.4, -0.2) is 52.0 Å². The first kappa shape index (κ1) is 24.4. The Hall–Kier alpha value is -2.92. The number of thioether (sulfide) groups is 1. The van der Waals surface area contributed by atoms with Gasteiger partial charge in [-0.05, 0) is 55.4 Å². The zero-order chi connectivity index (χ0) is 26.2. The number of esters is 1. The number of fused-ring (bicyclic) bond motifs is 9. The van der Waals surface area contributed by atoms with Gasteiger partial charge in [0.05, 0.1) is 29.0 Å². The normalized spacial score (nSPS) is 30.6. The van der Waals surface area contributed by atoms with Gasteiger partial charge in [0.2, 0.25) is 17.7 Å². The number of nitrogens with zero attached hydrogens (tertiary/aromatic N) is 1. The summed E-state index contributed by atoms with van der Waals surface area (Å²) in [6.45, 7) is 5.94. The second kappa shape index (κ2) is 8.56. The molecule has 2 aliphatic carbocycles. The van der Waals surface area contributed by atoms with Gasteiger partial charge in [-0.1, -0.05) is 25.2 Å². The van der Waals surface area contributed by atoms with Crippen LogP contribution in [0.2, 0.25) is 0 Å². The van der Waals surface area contributed by atoms with Crippen molar-refractivity contribution in [2.45, 2.75) is 42.9 Å². The van der Waals surface area contributed by atoms with Crippen molar-refractivity contribution in [1.29, 1.82) is 0 Å². The number of aromatic nitrogens is 1. The van der Waals surface area contributed by atoms with Crippen LogP contribution in [0.3, 0.4) is 0 Å². The summed E-state index contributed by atoms with van der Waals surface area (Å²) in [5.74, 6) is -1.99. The number of amides is 3. The first-order chi connectivity index (χ1) is 17.6. The number of benzene rings is 1. The predicted octanol–water partition coefficient (Wildman–Crippen LogP) is 2.87. The van der Waals surface area contributed by atoms with Gasteiger partial charge in [-0.25, -0.2) is 4.79 Å². The monoisotopic (exact) mass is 541 g/mol. The number of imide groups is 1. The third-order valence-corrected chi connectivity index (χ3v) is 11.3. The van der Waals surface area contributed by atoms with E-state index >= 15 is 0 Å². The lowest BCUT2D eigenvalue weighted by Crippen LogP contribution is -2.48. The number of anilines is 1. The summed E-state index contributed by atoms with van der Waals surface area (Å²) in [7, 11) is 0. The Balaban J connectivity index is 1.18. The summed E-state index contributed by atoms with van der Waals surface area (Å²) >= 11 is 2.89. The summed E-state index contributed by atoms with van der Waals surface area (Å²) in [6.07, 6.45) is 0.824. The molecule has 2 aromatic rings. The third-order valence-electron chi connectivity index (χ3n) is 8.46. The van der Waals surface area contributed by atoms with Crippen LogP contribution in [-0.2, 0) is 24.5 Å². The molecule has 1 aromatic heterocycles. The van der Waals surface area contributed by atoms with Crippen molar-refractivity contribution in [2.24, 2.45) is 29.6 Å². The molecule has 1 saturated heterocycles. The second-order valence-corrected chi connectivity index (χ2v) is 12.9. The zero-order valence-electron chi connectivity index (χ0n) is 20.6. The van der Waals surface area contributed by atoms with Gasteiger partial charge in [-0.2, -0.15) is 0 Å². The molecule has 2 bridgehead atoms. The van der Waals surface area contributed by atoms with Crippen LogP contribution in [0.15, 0.2) is 34.1 Å². The minimum Gasteiger partial charge on any atom is -0.462 e. The molecule has 3 amide bonds. The van der Waals surface area contributed by atoms with Gasteiger partial charge < -0.3 is 15.0 Å². The number of ether oxygens (including phenoxy) is 1. The van der Waals surface area contributed by atoms with Crippen LogP contribution in [0.25, 0.3) is 0 Å². The maximum Gasteiger partial charge on any atom is 0.338 e. The predicted molar refractivity (Wildman–Crippen MR) is 137 cm³/mol. The summed E-state index contributed by atoms with van der Waals surface area (Å²) in [5.41, 5.74) is 0.555. The van der Waals surface area contributed by atoms with Crippen LogP contribution in [0.1, 0.15) is 42.4 Å². The average molecular weight is 542 g/mol. The third kappa shape index (κ3) is 3.61. The maximum absolute atomic E-state index is 13.5. The Morgan fingerprint density at radius 3 is 2.46 bits per heavy atom. The van der Waals surface area contributed by atoms with E-state index in [0.717, 1.165) is 21.2 Å². The van der Waals surface area contributed by atoms with E-state index in [9.17, 15) is 24.0 Å². The molecule has 194 valence electrons. The summed E-state index contributed by atoms with van der Waals surface area (Å²) in [5, 5.41) is 3.77. The topological polar surface area (TPSA) is 126 Å². The highest BCUT2D eigenvalue weighted by molar-refractivity contribution is 8.00. The molecule has 3 heterocycles. The Kier molecular flexibility index (Phi) is 5.65. The van der Waals surface area contributed by atoms with Gasteiger partial charge in [-0.15, -0.1) is 11.8 Å². The zero-order valence-corrected chi connectivity index (χ0v) is 22.2. The van der Waals surface area contributed by atoms with E-state index in [4.69, 9.17) is 4.74 Å². The fourth-order valence-electron chi connectivity index (χ4n) is 7.12. The number of carbonyl (C=O) groups excluding carboxylic acids is 4. The molecule has 1 aromatic carbocycles. The van der Waals surface area contributed by atoms with Gasteiger partial charge in [0, 0.05) is 21.2 Å². The molecule has 2 aliphatic heterocycles. The number of nitrogens with one attached hydrogen (secondary N) is 2.